The number of esters is 1. The summed E-state index contributed by atoms with van der Waals surface area (Å²) in [5, 5.41) is 0.683. The van der Waals surface area contributed by atoms with Crippen molar-refractivity contribution in [2.75, 3.05) is 0 Å². The first-order valence-electron chi connectivity index (χ1n) is 5.08. The van der Waals surface area contributed by atoms with Crippen LogP contribution in [0.4, 0.5) is 0 Å². The number of hydrogen-bond donors (Lipinski definition) is 0. The van der Waals surface area contributed by atoms with Gasteiger partial charge in [0.1, 0.15) is 5.60 Å². The number of nitrogens with zero attached hydrogens (tertiary/aromatic N) is 1. The fraction of sp³-hybridized carbons (Fsp3) is 0.500. The van der Waals surface area contributed by atoms with Gasteiger partial charge in [-0.2, -0.15) is 0 Å². The van der Waals surface area contributed by atoms with Gasteiger partial charge in [-0.15, -0.1) is 0 Å². The number of rotatable bonds is 2. The van der Waals surface area contributed by atoms with E-state index in [1.165, 1.54) is 0 Å². The largest absolute Gasteiger partial charge is 0.456 e. The first kappa shape index (κ1) is 13.2. The Morgan fingerprint density at radius 3 is 2.56 bits per heavy atom. The molecule has 0 amide bonds. The maximum atomic E-state index is 11.8. The molecule has 1 rings (SSSR count). The third kappa shape index (κ3) is 3.59. The van der Waals surface area contributed by atoms with Crippen molar-refractivity contribution in [3.8, 4) is 0 Å². The van der Waals surface area contributed by atoms with Gasteiger partial charge < -0.3 is 4.74 Å². The minimum Gasteiger partial charge on any atom is -0.456 e. The van der Waals surface area contributed by atoms with Crippen LogP contribution in [0, 0.1) is 6.92 Å². The molecule has 1 aromatic heterocycles. The van der Waals surface area contributed by atoms with Crippen LogP contribution in [0.25, 0.3) is 0 Å². The Kier molecular flexibility index (Phi) is 4.08. The van der Waals surface area contributed by atoms with Crippen molar-refractivity contribution in [3.63, 3.8) is 0 Å². The van der Waals surface area contributed by atoms with Gasteiger partial charge in [-0.3, -0.25) is 4.98 Å². The predicted octanol–water partition coefficient (Wildman–Crippen LogP) is 3.24. The third-order valence-corrected chi connectivity index (χ3v) is 2.50. The highest BCUT2D eigenvalue weighted by Crippen LogP contribution is 2.15. The molecule has 0 fully saturated rings. The van der Waals surface area contributed by atoms with Crippen LogP contribution >= 0.6 is 15.9 Å². The van der Waals surface area contributed by atoms with Gasteiger partial charge in [0.05, 0.1) is 11.3 Å². The van der Waals surface area contributed by atoms with E-state index < -0.39 is 5.60 Å². The summed E-state index contributed by atoms with van der Waals surface area (Å²) in [5.41, 5.74) is 1.85. The average Bonchev–Trinajstić information content (AvgIpc) is 2.14. The zero-order chi connectivity index (χ0) is 12.3. The van der Waals surface area contributed by atoms with Gasteiger partial charge in [0.2, 0.25) is 0 Å². The van der Waals surface area contributed by atoms with E-state index in [0.717, 1.165) is 11.3 Å². The highest BCUT2D eigenvalue weighted by molar-refractivity contribution is 9.08. The Balaban J connectivity index is 2.93. The summed E-state index contributed by atoms with van der Waals surface area (Å²) in [5.74, 6) is -0.321. The summed E-state index contributed by atoms with van der Waals surface area (Å²) in [6, 6.07) is 1.88. The molecule has 0 aliphatic heterocycles. The van der Waals surface area contributed by atoms with E-state index in [1.54, 1.807) is 6.20 Å². The fourth-order valence-electron chi connectivity index (χ4n) is 1.23. The minimum absolute atomic E-state index is 0.321. The number of carbonyl (C=O) groups excluding carboxylic acids is 1. The molecular formula is C12H16BrNO2. The van der Waals surface area contributed by atoms with Gasteiger partial charge in [0, 0.05) is 11.5 Å². The second kappa shape index (κ2) is 4.95. The number of ether oxygens (including phenoxy) is 1. The zero-order valence-electron chi connectivity index (χ0n) is 10.0. The van der Waals surface area contributed by atoms with Crippen LogP contribution < -0.4 is 0 Å². The molecule has 0 aliphatic rings. The molecule has 3 nitrogen and oxygen atoms in total. The fourth-order valence-corrected chi connectivity index (χ4v) is 1.54. The topological polar surface area (TPSA) is 39.2 Å². The lowest BCUT2D eigenvalue weighted by molar-refractivity contribution is 0.00683. The number of hydrogen-bond acceptors (Lipinski definition) is 3. The lowest BCUT2D eigenvalue weighted by Gasteiger charge is -2.20. The Morgan fingerprint density at radius 2 is 2.12 bits per heavy atom. The third-order valence-electron chi connectivity index (χ3n) is 1.92. The molecule has 0 spiro atoms. The summed E-state index contributed by atoms with van der Waals surface area (Å²) < 4.78 is 5.29. The van der Waals surface area contributed by atoms with Crippen molar-refractivity contribution in [3.05, 3.63) is 29.1 Å². The van der Waals surface area contributed by atoms with Crippen LogP contribution in [0.15, 0.2) is 12.3 Å². The second-order valence-corrected chi connectivity index (χ2v) is 5.19. The number of aromatic nitrogens is 1. The Morgan fingerprint density at radius 1 is 1.50 bits per heavy atom. The molecule has 1 aromatic rings. The number of alkyl halides is 1. The second-order valence-electron chi connectivity index (χ2n) is 4.63. The molecule has 0 aliphatic carbocycles. The molecule has 4 heteroatoms. The summed E-state index contributed by atoms with van der Waals surface area (Å²) >= 11 is 3.32. The smallest absolute Gasteiger partial charge is 0.340 e. The number of pyridine rings is 1. The standard InChI is InChI=1S/C12H16BrNO2/c1-8-5-9(6-13)14-7-10(8)11(15)16-12(2,3)4/h5,7H,6H2,1-4H3. The van der Waals surface area contributed by atoms with E-state index in [0.29, 0.717) is 10.9 Å². The van der Waals surface area contributed by atoms with Crippen LogP contribution in [0.2, 0.25) is 0 Å². The van der Waals surface area contributed by atoms with Crippen molar-refractivity contribution in [1.82, 2.24) is 4.98 Å². The zero-order valence-corrected chi connectivity index (χ0v) is 11.6. The summed E-state index contributed by atoms with van der Waals surface area (Å²) in [6.07, 6.45) is 1.57. The van der Waals surface area contributed by atoms with E-state index in [9.17, 15) is 4.79 Å². The molecule has 0 radical (unpaired) electrons. The van der Waals surface area contributed by atoms with Crippen LogP contribution in [0.5, 0.6) is 0 Å². The maximum Gasteiger partial charge on any atom is 0.340 e. The van der Waals surface area contributed by atoms with E-state index in [1.807, 2.05) is 33.8 Å². The van der Waals surface area contributed by atoms with Crippen molar-refractivity contribution in [2.24, 2.45) is 0 Å². The Labute approximate surface area is 104 Å². The normalized spacial score (nSPS) is 11.3. The molecule has 1 heterocycles. The highest BCUT2D eigenvalue weighted by atomic mass is 79.9. The summed E-state index contributed by atoms with van der Waals surface area (Å²) in [6.45, 7) is 7.43. The molecule has 88 valence electrons. The number of aryl methyl sites for hydroxylation is 1. The van der Waals surface area contributed by atoms with Crippen molar-refractivity contribution in [2.45, 2.75) is 38.6 Å². The molecule has 0 N–H and O–H groups in total. The molecule has 0 aromatic carbocycles. The number of halogens is 1. The van der Waals surface area contributed by atoms with Crippen molar-refractivity contribution < 1.29 is 9.53 Å². The molecule has 0 bridgehead atoms. The quantitative estimate of drug-likeness (QED) is 0.619. The lowest BCUT2D eigenvalue weighted by Crippen LogP contribution is -2.24. The van der Waals surface area contributed by atoms with Gasteiger partial charge >= 0.3 is 5.97 Å². The van der Waals surface area contributed by atoms with Gasteiger partial charge in [-0.1, -0.05) is 15.9 Å². The monoisotopic (exact) mass is 285 g/mol. The minimum atomic E-state index is -0.475. The molecule has 0 saturated carbocycles. The molecular weight excluding hydrogens is 270 g/mol. The molecule has 0 atom stereocenters. The average molecular weight is 286 g/mol. The molecule has 0 unspecified atom stereocenters. The van der Waals surface area contributed by atoms with Crippen LogP contribution in [0.1, 0.15) is 42.4 Å². The maximum absolute atomic E-state index is 11.8. The Hall–Kier alpha value is -0.900. The first-order valence-corrected chi connectivity index (χ1v) is 6.20. The molecule has 16 heavy (non-hydrogen) atoms. The van der Waals surface area contributed by atoms with Gasteiger partial charge in [-0.05, 0) is 39.3 Å². The molecule has 0 saturated heterocycles. The van der Waals surface area contributed by atoms with E-state index >= 15 is 0 Å². The van der Waals surface area contributed by atoms with Crippen LogP contribution in [-0.2, 0) is 10.1 Å². The van der Waals surface area contributed by atoms with Crippen molar-refractivity contribution in [1.29, 1.82) is 0 Å². The van der Waals surface area contributed by atoms with Gasteiger partial charge in [0.15, 0.2) is 0 Å². The van der Waals surface area contributed by atoms with E-state index in [-0.39, 0.29) is 5.97 Å². The summed E-state index contributed by atoms with van der Waals surface area (Å²) in [4.78, 5) is 16.0. The van der Waals surface area contributed by atoms with Crippen LogP contribution in [-0.4, -0.2) is 16.6 Å². The number of carbonyl (C=O) groups is 1. The first-order chi connectivity index (χ1) is 7.33. The van der Waals surface area contributed by atoms with Gasteiger partial charge in [0.25, 0.3) is 0 Å². The van der Waals surface area contributed by atoms with E-state index in [2.05, 4.69) is 20.9 Å². The summed E-state index contributed by atoms with van der Waals surface area (Å²) in [7, 11) is 0. The van der Waals surface area contributed by atoms with Crippen LogP contribution in [0.3, 0.4) is 0 Å². The highest BCUT2D eigenvalue weighted by Gasteiger charge is 2.19. The Bertz CT molecular complexity index is 396. The van der Waals surface area contributed by atoms with Crippen molar-refractivity contribution >= 4 is 21.9 Å². The lowest BCUT2D eigenvalue weighted by atomic mass is 10.1. The van der Waals surface area contributed by atoms with Gasteiger partial charge in [-0.25, -0.2) is 4.79 Å². The SMILES string of the molecule is Cc1cc(CBr)ncc1C(=O)OC(C)(C)C. The predicted molar refractivity (Wildman–Crippen MR) is 66.8 cm³/mol. The van der Waals surface area contributed by atoms with E-state index in [4.69, 9.17) is 4.74 Å².